The molecule has 0 aromatic heterocycles. The summed E-state index contributed by atoms with van der Waals surface area (Å²) in [5.74, 6) is 0.221. The van der Waals surface area contributed by atoms with E-state index in [-0.39, 0.29) is 11.2 Å². The summed E-state index contributed by atoms with van der Waals surface area (Å²) < 4.78 is 0. The molecule has 1 aliphatic heterocycles. The van der Waals surface area contributed by atoms with Gasteiger partial charge in [-0.2, -0.15) is 0 Å². The fourth-order valence-electron chi connectivity index (χ4n) is 3.13. The molecule has 0 atom stereocenters. The van der Waals surface area contributed by atoms with Crippen molar-refractivity contribution in [3.63, 3.8) is 0 Å². The molecule has 0 saturated heterocycles. The van der Waals surface area contributed by atoms with Crippen LogP contribution in [0.25, 0.3) is 0 Å². The van der Waals surface area contributed by atoms with Gasteiger partial charge in [-0.25, -0.2) is 0 Å². The van der Waals surface area contributed by atoms with Crippen molar-refractivity contribution in [2.45, 2.75) is 26.9 Å². The zero-order valence-corrected chi connectivity index (χ0v) is 12.7. The molecule has 1 heterocycles. The molecule has 0 saturated carbocycles. The minimum absolute atomic E-state index is 0.221. The standard InChI is InChI=1S/C19H21NO/c1-19(2,18(21)15-8-4-3-5-9-15)14-20-12-16-10-6-7-11-17(16)13-20/h3-11H,12-14H2,1-2H3. The Balaban J connectivity index is 1.72. The zero-order chi connectivity index (χ0) is 14.9. The van der Waals surface area contributed by atoms with E-state index in [1.165, 1.54) is 11.1 Å². The van der Waals surface area contributed by atoms with Gasteiger partial charge >= 0.3 is 0 Å². The van der Waals surface area contributed by atoms with Gasteiger partial charge in [-0.1, -0.05) is 68.4 Å². The van der Waals surface area contributed by atoms with Crippen molar-refractivity contribution >= 4 is 5.78 Å². The van der Waals surface area contributed by atoms with Gasteiger partial charge in [-0.3, -0.25) is 9.69 Å². The van der Waals surface area contributed by atoms with Crippen LogP contribution in [0.4, 0.5) is 0 Å². The van der Waals surface area contributed by atoms with Crippen LogP contribution in [0, 0.1) is 5.41 Å². The summed E-state index contributed by atoms with van der Waals surface area (Å²) in [7, 11) is 0. The van der Waals surface area contributed by atoms with Gasteiger partial charge in [0.2, 0.25) is 0 Å². The molecule has 0 unspecified atom stereocenters. The second-order valence-corrected chi connectivity index (χ2v) is 6.49. The Morgan fingerprint density at radius 1 is 0.952 bits per heavy atom. The van der Waals surface area contributed by atoms with Crippen LogP contribution >= 0.6 is 0 Å². The lowest BCUT2D eigenvalue weighted by Gasteiger charge is -2.28. The Kier molecular flexibility index (Phi) is 3.64. The van der Waals surface area contributed by atoms with E-state index < -0.39 is 0 Å². The first kappa shape index (κ1) is 14.0. The average Bonchev–Trinajstić information content (AvgIpc) is 2.88. The Morgan fingerprint density at radius 3 is 2.05 bits per heavy atom. The number of Topliss-reactive ketones (excluding diaryl/α,β-unsaturated/α-hetero) is 1. The van der Waals surface area contributed by atoms with Gasteiger partial charge in [0.25, 0.3) is 0 Å². The summed E-state index contributed by atoms with van der Waals surface area (Å²) in [5, 5.41) is 0. The van der Waals surface area contributed by atoms with Crippen molar-refractivity contribution in [1.29, 1.82) is 0 Å². The van der Waals surface area contributed by atoms with Crippen molar-refractivity contribution in [3.05, 3.63) is 71.3 Å². The summed E-state index contributed by atoms with van der Waals surface area (Å²) in [6, 6.07) is 18.1. The quantitative estimate of drug-likeness (QED) is 0.791. The van der Waals surface area contributed by atoms with Crippen LogP contribution in [0.5, 0.6) is 0 Å². The van der Waals surface area contributed by atoms with E-state index >= 15 is 0 Å². The molecule has 0 radical (unpaired) electrons. The van der Waals surface area contributed by atoms with Gasteiger partial charge in [-0.15, -0.1) is 0 Å². The van der Waals surface area contributed by atoms with Crippen LogP contribution < -0.4 is 0 Å². The smallest absolute Gasteiger partial charge is 0.169 e. The Labute approximate surface area is 126 Å². The van der Waals surface area contributed by atoms with Gasteiger partial charge in [0.1, 0.15) is 0 Å². The summed E-state index contributed by atoms with van der Waals surface area (Å²) in [4.78, 5) is 15.1. The number of nitrogens with zero attached hydrogens (tertiary/aromatic N) is 1. The first-order valence-electron chi connectivity index (χ1n) is 7.45. The highest BCUT2D eigenvalue weighted by atomic mass is 16.1. The molecule has 3 rings (SSSR count). The van der Waals surface area contributed by atoms with Crippen LogP contribution in [-0.2, 0) is 13.1 Å². The third kappa shape index (κ3) is 2.91. The zero-order valence-electron chi connectivity index (χ0n) is 12.7. The van der Waals surface area contributed by atoms with Crippen LogP contribution in [0.1, 0.15) is 35.3 Å². The number of hydrogen-bond donors (Lipinski definition) is 0. The minimum Gasteiger partial charge on any atom is -0.294 e. The molecule has 0 fully saturated rings. The number of benzene rings is 2. The lowest BCUT2D eigenvalue weighted by Crippen LogP contribution is -2.36. The Bertz CT molecular complexity index is 621. The van der Waals surface area contributed by atoms with Crippen LogP contribution in [0.15, 0.2) is 54.6 Å². The lowest BCUT2D eigenvalue weighted by molar-refractivity contribution is 0.0761. The maximum Gasteiger partial charge on any atom is 0.169 e. The average molecular weight is 279 g/mol. The number of hydrogen-bond acceptors (Lipinski definition) is 2. The predicted molar refractivity (Wildman–Crippen MR) is 85.1 cm³/mol. The molecule has 2 aromatic carbocycles. The molecule has 2 heteroatoms. The number of fused-ring (bicyclic) bond motifs is 1. The highest BCUT2D eigenvalue weighted by molar-refractivity contribution is 6.00. The Morgan fingerprint density at radius 2 is 1.48 bits per heavy atom. The van der Waals surface area contributed by atoms with E-state index in [4.69, 9.17) is 0 Å². The van der Waals surface area contributed by atoms with Crippen molar-refractivity contribution < 1.29 is 4.79 Å². The summed E-state index contributed by atoms with van der Waals surface area (Å²) >= 11 is 0. The topological polar surface area (TPSA) is 20.3 Å². The molecule has 0 amide bonds. The fraction of sp³-hybridized carbons (Fsp3) is 0.316. The highest BCUT2D eigenvalue weighted by Crippen LogP contribution is 2.29. The minimum atomic E-state index is -0.372. The molecule has 0 N–H and O–H groups in total. The maximum absolute atomic E-state index is 12.7. The molecule has 1 aliphatic rings. The molecule has 108 valence electrons. The second-order valence-electron chi connectivity index (χ2n) is 6.49. The number of carbonyl (C=O) groups excluding carboxylic acids is 1. The Hall–Kier alpha value is -1.93. The maximum atomic E-state index is 12.7. The third-order valence-corrected chi connectivity index (χ3v) is 4.18. The van der Waals surface area contributed by atoms with Gasteiger partial charge in [0, 0.05) is 30.6 Å². The molecule has 0 aliphatic carbocycles. The van der Waals surface area contributed by atoms with E-state index in [1.807, 2.05) is 44.2 Å². The van der Waals surface area contributed by atoms with E-state index in [2.05, 4.69) is 29.2 Å². The van der Waals surface area contributed by atoms with Crippen LogP contribution in [-0.4, -0.2) is 17.2 Å². The van der Waals surface area contributed by atoms with Gasteiger partial charge in [-0.05, 0) is 11.1 Å². The van der Waals surface area contributed by atoms with E-state index in [0.29, 0.717) is 0 Å². The summed E-state index contributed by atoms with van der Waals surface area (Å²) in [6.45, 7) is 6.77. The molecular weight excluding hydrogens is 258 g/mol. The van der Waals surface area contributed by atoms with Crippen molar-refractivity contribution in [3.8, 4) is 0 Å². The fourth-order valence-corrected chi connectivity index (χ4v) is 3.13. The third-order valence-electron chi connectivity index (χ3n) is 4.18. The first-order chi connectivity index (χ1) is 10.1. The number of rotatable bonds is 4. The van der Waals surface area contributed by atoms with E-state index in [0.717, 1.165) is 25.2 Å². The van der Waals surface area contributed by atoms with E-state index in [9.17, 15) is 4.79 Å². The molecule has 2 aromatic rings. The molecule has 21 heavy (non-hydrogen) atoms. The van der Waals surface area contributed by atoms with Crippen molar-refractivity contribution in [2.24, 2.45) is 5.41 Å². The normalized spacial score (nSPS) is 15.0. The molecule has 2 nitrogen and oxygen atoms in total. The SMILES string of the molecule is CC(C)(CN1Cc2ccccc2C1)C(=O)c1ccccc1. The number of ketones is 1. The second kappa shape index (κ2) is 5.45. The van der Waals surface area contributed by atoms with Crippen molar-refractivity contribution in [2.75, 3.05) is 6.54 Å². The van der Waals surface area contributed by atoms with Gasteiger partial charge in [0.05, 0.1) is 0 Å². The predicted octanol–water partition coefficient (Wildman–Crippen LogP) is 3.91. The molecule has 0 spiro atoms. The van der Waals surface area contributed by atoms with Crippen LogP contribution in [0.2, 0.25) is 0 Å². The lowest BCUT2D eigenvalue weighted by atomic mass is 9.83. The van der Waals surface area contributed by atoms with Gasteiger partial charge in [0.15, 0.2) is 5.78 Å². The van der Waals surface area contributed by atoms with Crippen molar-refractivity contribution in [1.82, 2.24) is 4.90 Å². The number of carbonyl (C=O) groups is 1. The van der Waals surface area contributed by atoms with Gasteiger partial charge < -0.3 is 0 Å². The molecular formula is C19H21NO. The highest BCUT2D eigenvalue weighted by Gasteiger charge is 2.32. The summed E-state index contributed by atoms with van der Waals surface area (Å²) in [5.41, 5.74) is 3.21. The summed E-state index contributed by atoms with van der Waals surface area (Å²) in [6.07, 6.45) is 0. The van der Waals surface area contributed by atoms with E-state index in [1.54, 1.807) is 0 Å². The first-order valence-corrected chi connectivity index (χ1v) is 7.45. The molecule has 0 bridgehead atoms. The van der Waals surface area contributed by atoms with Crippen LogP contribution in [0.3, 0.4) is 0 Å². The monoisotopic (exact) mass is 279 g/mol. The largest absolute Gasteiger partial charge is 0.294 e.